The van der Waals surface area contributed by atoms with Gasteiger partial charge in [0.05, 0.1) is 12.6 Å². The Kier molecular flexibility index (Phi) is 5.31. The van der Waals surface area contributed by atoms with Crippen molar-refractivity contribution < 1.29 is 9.53 Å². The summed E-state index contributed by atoms with van der Waals surface area (Å²) in [6, 6.07) is 0.111. The molecule has 0 saturated heterocycles. The Bertz CT molecular complexity index is 401. The predicted octanol–water partition coefficient (Wildman–Crippen LogP) is 2.22. The maximum atomic E-state index is 11.3. The zero-order valence-electron chi connectivity index (χ0n) is 10.4. The molecule has 1 atom stereocenters. The Morgan fingerprint density at radius 1 is 1.71 bits per heavy atom. The Labute approximate surface area is 106 Å². The van der Waals surface area contributed by atoms with E-state index in [0.29, 0.717) is 18.7 Å². The summed E-state index contributed by atoms with van der Waals surface area (Å²) in [7, 11) is 0. The van der Waals surface area contributed by atoms with Crippen LogP contribution in [0.2, 0.25) is 0 Å². The number of thiazole rings is 1. The molecule has 17 heavy (non-hydrogen) atoms. The molecule has 0 fully saturated rings. The molecule has 94 valence electrons. The lowest BCUT2D eigenvalue weighted by molar-refractivity contribution is -0.138. The van der Waals surface area contributed by atoms with E-state index in [1.807, 2.05) is 19.2 Å². The van der Waals surface area contributed by atoms with Crippen LogP contribution in [0.1, 0.15) is 30.6 Å². The average Bonchev–Trinajstić information content (AvgIpc) is 2.72. The van der Waals surface area contributed by atoms with Gasteiger partial charge in [-0.2, -0.15) is 0 Å². The lowest BCUT2D eigenvalue weighted by atomic mass is 10.2. The van der Waals surface area contributed by atoms with Gasteiger partial charge in [-0.15, -0.1) is 11.3 Å². The first kappa shape index (κ1) is 13.9. The van der Waals surface area contributed by atoms with E-state index in [1.165, 1.54) is 0 Å². The zero-order valence-corrected chi connectivity index (χ0v) is 11.3. The summed E-state index contributed by atoms with van der Waals surface area (Å²) in [6.45, 7) is 10.2. The molecule has 1 heterocycles. The largest absolute Gasteiger partial charge is 0.463 e. The molecule has 5 heteroatoms. The molecule has 0 bridgehead atoms. The lowest BCUT2D eigenvalue weighted by Crippen LogP contribution is -2.24. The van der Waals surface area contributed by atoms with Crippen LogP contribution >= 0.6 is 11.3 Å². The molecule has 1 rings (SSSR count). The zero-order chi connectivity index (χ0) is 12.8. The number of hydrogen-bond acceptors (Lipinski definition) is 5. The molecular weight excluding hydrogens is 236 g/mol. The number of carbonyl (C=O) groups is 1. The van der Waals surface area contributed by atoms with Crippen molar-refractivity contribution in [1.29, 1.82) is 0 Å². The third-order valence-corrected chi connectivity index (χ3v) is 3.34. The van der Waals surface area contributed by atoms with Gasteiger partial charge >= 0.3 is 5.97 Å². The van der Waals surface area contributed by atoms with Gasteiger partial charge in [0.25, 0.3) is 0 Å². The van der Waals surface area contributed by atoms with Crippen LogP contribution in [0.15, 0.2) is 17.5 Å². The summed E-state index contributed by atoms with van der Waals surface area (Å²) in [4.78, 5) is 15.7. The van der Waals surface area contributed by atoms with Crippen molar-refractivity contribution in [1.82, 2.24) is 10.3 Å². The van der Waals surface area contributed by atoms with E-state index < -0.39 is 0 Å². The number of nitrogens with one attached hydrogen (secondary N) is 1. The van der Waals surface area contributed by atoms with Crippen LogP contribution in [0, 0.1) is 6.92 Å². The summed E-state index contributed by atoms with van der Waals surface area (Å²) < 4.78 is 4.85. The molecule has 0 aliphatic carbocycles. The second-order valence-corrected chi connectivity index (χ2v) is 4.64. The van der Waals surface area contributed by atoms with Gasteiger partial charge < -0.3 is 10.1 Å². The van der Waals surface area contributed by atoms with Crippen molar-refractivity contribution in [3.63, 3.8) is 0 Å². The number of rotatable bonds is 6. The van der Waals surface area contributed by atoms with Crippen molar-refractivity contribution in [2.75, 3.05) is 13.2 Å². The number of esters is 1. The first-order valence-electron chi connectivity index (χ1n) is 5.55. The maximum Gasteiger partial charge on any atom is 0.334 e. The maximum absolute atomic E-state index is 11.3. The molecule has 0 amide bonds. The van der Waals surface area contributed by atoms with E-state index in [9.17, 15) is 4.79 Å². The highest BCUT2D eigenvalue weighted by Gasteiger charge is 2.12. The van der Waals surface area contributed by atoms with Crippen molar-refractivity contribution >= 4 is 17.3 Å². The first-order valence-corrected chi connectivity index (χ1v) is 6.42. The fourth-order valence-electron chi connectivity index (χ4n) is 1.24. The average molecular weight is 254 g/mol. The molecule has 1 aromatic rings. The Hall–Kier alpha value is -1.20. The predicted molar refractivity (Wildman–Crippen MR) is 69.0 cm³/mol. The van der Waals surface area contributed by atoms with Gasteiger partial charge in [-0.3, -0.25) is 0 Å². The SMILES string of the molecule is C=C(CNC(C)c1nc(C)cs1)C(=O)OCC. The van der Waals surface area contributed by atoms with Crippen LogP contribution in [-0.4, -0.2) is 24.1 Å². The van der Waals surface area contributed by atoms with Crippen molar-refractivity contribution in [3.8, 4) is 0 Å². The van der Waals surface area contributed by atoms with E-state index in [1.54, 1.807) is 18.3 Å². The van der Waals surface area contributed by atoms with Gasteiger partial charge in [-0.05, 0) is 20.8 Å². The minimum atomic E-state index is -0.345. The monoisotopic (exact) mass is 254 g/mol. The second-order valence-electron chi connectivity index (χ2n) is 3.75. The Balaban J connectivity index is 2.40. The van der Waals surface area contributed by atoms with Crippen molar-refractivity contribution in [2.45, 2.75) is 26.8 Å². The van der Waals surface area contributed by atoms with E-state index in [2.05, 4.69) is 16.9 Å². The fourth-order valence-corrected chi connectivity index (χ4v) is 2.07. The van der Waals surface area contributed by atoms with Crippen LogP contribution in [0.25, 0.3) is 0 Å². The van der Waals surface area contributed by atoms with Crippen LogP contribution in [-0.2, 0) is 9.53 Å². The summed E-state index contributed by atoms with van der Waals surface area (Å²) in [5, 5.41) is 6.22. The molecule has 0 radical (unpaired) electrons. The number of carbonyl (C=O) groups excluding carboxylic acids is 1. The highest BCUT2D eigenvalue weighted by atomic mass is 32.1. The lowest BCUT2D eigenvalue weighted by Gasteiger charge is -2.11. The number of ether oxygens (including phenoxy) is 1. The standard InChI is InChI=1S/C12H18N2O2S/c1-5-16-12(15)8(2)6-13-10(4)11-14-9(3)7-17-11/h7,10,13H,2,5-6H2,1,3-4H3. The Morgan fingerprint density at radius 2 is 2.41 bits per heavy atom. The number of aromatic nitrogens is 1. The summed E-state index contributed by atoms with van der Waals surface area (Å²) >= 11 is 1.61. The topological polar surface area (TPSA) is 51.2 Å². The van der Waals surface area contributed by atoms with Crippen molar-refractivity contribution in [2.24, 2.45) is 0 Å². The number of hydrogen-bond donors (Lipinski definition) is 1. The van der Waals surface area contributed by atoms with Gasteiger partial charge in [0.2, 0.25) is 0 Å². The second kappa shape index (κ2) is 6.51. The molecule has 0 aliphatic heterocycles. The van der Waals surface area contributed by atoms with Crippen molar-refractivity contribution in [3.05, 3.63) is 28.2 Å². The fraction of sp³-hybridized carbons (Fsp3) is 0.500. The van der Waals surface area contributed by atoms with Gasteiger partial charge in [-0.25, -0.2) is 9.78 Å². The van der Waals surface area contributed by atoms with Gasteiger partial charge in [-0.1, -0.05) is 6.58 Å². The Morgan fingerprint density at radius 3 is 2.94 bits per heavy atom. The number of nitrogens with zero attached hydrogens (tertiary/aromatic N) is 1. The molecule has 0 saturated carbocycles. The van der Waals surface area contributed by atoms with Gasteiger partial charge in [0.15, 0.2) is 0 Å². The summed E-state index contributed by atoms with van der Waals surface area (Å²) in [6.07, 6.45) is 0. The molecular formula is C12H18N2O2S. The molecule has 0 aromatic carbocycles. The molecule has 0 spiro atoms. The minimum Gasteiger partial charge on any atom is -0.463 e. The van der Waals surface area contributed by atoms with E-state index >= 15 is 0 Å². The van der Waals surface area contributed by atoms with Crippen LogP contribution in [0.5, 0.6) is 0 Å². The normalized spacial score (nSPS) is 12.2. The van der Waals surface area contributed by atoms with Crippen LogP contribution in [0.4, 0.5) is 0 Å². The van der Waals surface area contributed by atoms with E-state index in [0.717, 1.165) is 10.7 Å². The highest BCUT2D eigenvalue weighted by molar-refractivity contribution is 7.09. The third-order valence-electron chi connectivity index (χ3n) is 2.19. The number of aryl methyl sites for hydroxylation is 1. The summed E-state index contributed by atoms with van der Waals surface area (Å²) in [5.74, 6) is -0.345. The van der Waals surface area contributed by atoms with Gasteiger partial charge in [0.1, 0.15) is 5.01 Å². The van der Waals surface area contributed by atoms with E-state index in [-0.39, 0.29) is 12.0 Å². The molecule has 1 N–H and O–H groups in total. The van der Waals surface area contributed by atoms with Gasteiger partial charge in [0, 0.05) is 23.2 Å². The molecule has 0 aliphatic rings. The quantitative estimate of drug-likeness (QED) is 0.624. The van der Waals surface area contributed by atoms with Crippen LogP contribution in [0.3, 0.4) is 0 Å². The smallest absolute Gasteiger partial charge is 0.334 e. The molecule has 1 unspecified atom stereocenters. The molecule has 4 nitrogen and oxygen atoms in total. The highest BCUT2D eigenvalue weighted by Crippen LogP contribution is 2.17. The molecule has 1 aromatic heterocycles. The first-order chi connectivity index (χ1) is 8.04. The van der Waals surface area contributed by atoms with Crippen LogP contribution < -0.4 is 5.32 Å². The third kappa shape index (κ3) is 4.28. The van der Waals surface area contributed by atoms with E-state index in [4.69, 9.17) is 4.74 Å². The minimum absolute atomic E-state index is 0.111. The summed E-state index contributed by atoms with van der Waals surface area (Å²) in [5.41, 5.74) is 1.45.